The van der Waals surface area contributed by atoms with Crippen LogP contribution < -0.4 is 16.2 Å². The Morgan fingerprint density at radius 3 is 2.69 bits per heavy atom. The van der Waals surface area contributed by atoms with Gasteiger partial charge < -0.3 is 10.6 Å². The summed E-state index contributed by atoms with van der Waals surface area (Å²) in [4.78, 5) is 24.7. The minimum absolute atomic E-state index is 0.225. The Hall–Kier alpha value is -2.93. The number of fused-ring (bicyclic) bond motifs is 1. The fraction of sp³-hybridized carbons (Fsp3) is 0.222. The molecule has 2 aromatic carbocycles. The van der Waals surface area contributed by atoms with Crippen LogP contribution in [-0.4, -0.2) is 27.1 Å². The predicted molar refractivity (Wildman–Crippen MR) is 101 cm³/mol. The predicted octanol–water partition coefficient (Wildman–Crippen LogP) is 3.05. The van der Waals surface area contributed by atoms with Gasteiger partial charge in [-0.15, -0.1) is 5.10 Å². The summed E-state index contributed by atoms with van der Waals surface area (Å²) in [7, 11) is 0. The molecule has 134 valence electrons. The maximum absolute atomic E-state index is 12.5. The van der Waals surface area contributed by atoms with Crippen LogP contribution in [0.2, 0.25) is 5.02 Å². The zero-order valence-electron chi connectivity index (χ0n) is 14.1. The van der Waals surface area contributed by atoms with Gasteiger partial charge in [-0.1, -0.05) is 48.0 Å². The Morgan fingerprint density at radius 2 is 1.92 bits per heavy atom. The average molecular weight is 372 g/mol. The van der Waals surface area contributed by atoms with Gasteiger partial charge in [0.25, 0.3) is 5.56 Å². The molecule has 0 saturated heterocycles. The maximum atomic E-state index is 12.5. The molecule has 0 unspecified atom stereocenters. The fourth-order valence-electron chi connectivity index (χ4n) is 2.53. The molecule has 0 aliphatic rings. The summed E-state index contributed by atoms with van der Waals surface area (Å²) in [5.41, 5.74) is 0.831. The van der Waals surface area contributed by atoms with Crippen molar-refractivity contribution in [2.24, 2.45) is 0 Å². The van der Waals surface area contributed by atoms with Crippen LogP contribution in [0.25, 0.3) is 10.9 Å². The summed E-state index contributed by atoms with van der Waals surface area (Å²) in [6, 6.07) is 13.3. The molecule has 0 saturated carbocycles. The van der Waals surface area contributed by atoms with Gasteiger partial charge in [0.1, 0.15) is 5.52 Å². The number of anilines is 1. The minimum Gasteiger partial charge on any atom is -0.333 e. The summed E-state index contributed by atoms with van der Waals surface area (Å²) in [5.74, 6) is 0. The average Bonchev–Trinajstić information content (AvgIpc) is 2.65. The number of hydrogen-bond donors (Lipinski definition) is 2. The lowest BCUT2D eigenvalue weighted by Gasteiger charge is -2.18. The first-order valence-corrected chi connectivity index (χ1v) is 8.61. The van der Waals surface area contributed by atoms with Gasteiger partial charge in [-0.3, -0.25) is 4.79 Å². The van der Waals surface area contributed by atoms with Crippen molar-refractivity contribution >= 4 is 34.2 Å². The monoisotopic (exact) mass is 371 g/mol. The minimum atomic E-state index is -0.397. The lowest BCUT2D eigenvalue weighted by atomic mass is 10.2. The van der Waals surface area contributed by atoms with Crippen LogP contribution >= 0.6 is 11.6 Å². The van der Waals surface area contributed by atoms with Crippen LogP contribution in [-0.2, 0) is 6.54 Å². The molecule has 0 aliphatic carbocycles. The Balaban J connectivity index is 1.72. The smallest absolute Gasteiger partial charge is 0.319 e. The molecule has 0 bridgehead atoms. The number of carbonyl (C=O) groups excluding carboxylic acids is 1. The van der Waals surface area contributed by atoms with E-state index in [1.165, 1.54) is 4.68 Å². The van der Waals surface area contributed by atoms with Crippen molar-refractivity contribution in [1.82, 2.24) is 20.3 Å². The Labute approximate surface area is 155 Å². The van der Waals surface area contributed by atoms with E-state index in [2.05, 4.69) is 20.9 Å². The first kappa shape index (κ1) is 17.9. The lowest BCUT2D eigenvalue weighted by molar-refractivity contribution is 0.245. The third-order valence-electron chi connectivity index (χ3n) is 3.97. The number of hydrogen-bond acceptors (Lipinski definition) is 4. The molecular weight excluding hydrogens is 354 g/mol. The van der Waals surface area contributed by atoms with E-state index in [4.69, 9.17) is 11.6 Å². The zero-order chi connectivity index (χ0) is 18.5. The molecule has 8 heteroatoms. The molecule has 0 spiro atoms. The molecule has 0 aliphatic heterocycles. The molecule has 0 fully saturated rings. The molecule has 0 radical (unpaired) electrons. The van der Waals surface area contributed by atoms with E-state index in [9.17, 15) is 9.59 Å². The van der Waals surface area contributed by atoms with E-state index >= 15 is 0 Å². The van der Waals surface area contributed by atoms with Crippen molar-refractivity contribution in [2.75, 3.05) is 5.32 Å². The third-order valence-corrected chi connectivity index (χ3v) is 4.30. The molecular formula is C18H18ClN5O2. The van der Waals surface area contributed by atoms with Gasteiger partial charge in [0.05, 0.1) is 28.7 Å². The Morgan fingerprint density at radius 1 is 1.19 bits per heavy atom. The standard InChI is InChI=1S/C18H18ClN5O2/c1-2-12(20-18(26)21-16-10-6-4-8-14(16)19)11-24-17(25)13-7-3-5-9-15(13)22-23-24/h3-10,12H,2,11H2,1H3,(H2,20,21,26)/t12-/m1/s1. The number of carbonyl (C=O) groups is 1. The first-order chi connectivity index (χ1) is 12.6. The molecule has 2 N–H and O–H groups in total. The number of para-hydroxylation sites is 1. The maximum Gasteiger partial charge on any atom is 0.319 e. The second kappa shape index (κ2) is 7.97. The van der Waals surface area contributed by atoms with Gasteiger partial charge in [-0.05, 0) is 30.7 Å². The topological polar surface area (TPSA) is 88.9 Å². The largest absolute Gasteiger partial charge is 0.333 e. The number of aromatic nitrogens is 3. The molecule has 1 aromatic heterocycles. The number of nitrogens with one attached hydrogen (secondary N) is 2. The molecule has 7 nitrogen and oxygen atoms in total. The van der Waals surface area contributed by atoms with Crippen molar-refractivity contribution in [1.29, 1.82) is 0 Å². The normalized spacial score (nSPS) is 11.9. The van der Waals surface area contributed by atoms with E-state index < -0.39 is 6.03 Å². The first-order valence-electron chi connectivity index (χ1n) is 8.23. The van der Waals surface area contributed by atoms with Crippen molar-refractivity contribution in [2.45, 2.75) is 25.9 Å². The molecule has 1 atom stereocenters. The second-order valence-electron chi connectivity index (χ2n) is 5.78. The van der Waals surface area contributed by atoms with Gasteiger partial charge in [0.15, 0.2) is 0 Å². The molecule has 2 amide bonds. The zero-order valence-corrected chi connectivity index (χ0v) is 14.9. The molecule has 3 rings (SSSR count). The summed E-state index contributed by atoms with van der Waals surface area (Å²) in [6.07, 6.45) is 0.622. The van der Waals surface area contributed by atoms with E-state index in [1.807, 2.05) is 6.92 Å². The van der Waals surface area contributed by atoms with E-state index in [1.54, 1.807) is 48.5 Å². The van der Waals surface area contributed by atoms with E-state index in [-0.39, 0.29) is 18.1 Å². The van der Waals surface area contributed by atoms with Crippen LogP contribution in [0, 0.1) is 0 Å². The number of halogens is 1. The summed E-state index contributed by atoms with van der Waals surface area (Å²) in [5, 5.41) is 14.5. The highest BCUT2D eigenvalue weighted by atomic mass is 35.5. The van der Waals surface area contributed by atoms with Crippen molar-refractivity contribution in [3.05, 3.63) is 63.9 Å². The van der Waals surface area contributed by atoms with E-state index in [0.717, 1.165) is 0 Å². The Kier molecular flexibility index (Phi) is 5.48. The summed E-state index contributed by atoms with van der Waals surface area (Å²) < 4.78 is 1.27. The van der Waals surface area contributed by atoms with Gasteiger partial charge in [0, 0.05) is 0 Å². The highest BCUT2D eigenvalue weighted by molar-refractivity contribution is 6.33. The van der Waals surface area contributed by atoms with Crippen LogP contribution in [0.1, 0.15) is 13.3 Å². The molecule has 3 aromatic rings. The summed E-state index contributed by atoms with van der Waals surface area (Å²) in [6.45, 7) is 2.14. The third kappa shape index (κ3) is 4.00. The van der Waals surface area contributed by atoms with Crippen molar-refractivity contribution in [3.8, 4) is 0 Å². The van der Waals surface area contributed by atoms with Crippen LogP contribution in [0.3, 0.4) is 0 Å². The van der Waals surface area contributed by atoms with Crippen LogP contribution in [0.4, 0.5) is 10.5 Å². The summed E-state index contributed by atoms with van der Waals surface area (Å²) >= 11 is 6.04. The number of nitrogens with zero attached hydrogens (tertiary/aromatic N) is 3. The SMILES string of the molecule is CC[C@H](Cn1nnc2ccccc2c1=O)NC(=O)Nc1ccccc1Cl. The van der Waals surface area contributed by atoms with E-state index in [0.29, 0.717) is 28.0 Å². The highest BCUT2D eigenvalue weighted by Gasteiger charge is 2.15. The fourth-order valence-corrected chi connectivity index (χ4v) is 2.72. The number of amides is 2. The second-order valence-corrected chi connectivity index (χ2v) is 6.18. The molecule has 26 heavy (non-hydrogen) atoms. The van der Waals surface area contributed by atoms with Crippen molar-refractivity contribution in [3.63, 3.8) is 0 Å². The van der Waals surface area contributed by atoms with Crippen molar-refractivity contribution < 1.29 is 4.79 Å². The van der Waals surface area contributed by atoms with Gasteiger partial charge in [0.2, 0.25) is 0 Å². The lowest BCUT2D eigenvalue weighted by Crippen LogP contribution is -2.42. The van der Waals surface area contributed by atoms with Crippen LogP contribution in [0.5, 0.6) is 0 Å². The van der Waals surface area contributed by atoms with Gasteiger partial charge in [-0.2, -0.15) is 0 Å². The number of rotatable bonds is 5. The quantitative estimate of drug-likeness (QED) is 0.721. The number of urea groups is 1. The van der Waals surface area contributed by atoms with Gasteiger partial charge >= 0.3 is 6.03 Å². The number of benzene rings is 2. The Bertz CT molecular complexity index is 988. The van der Waals surface area contributed by atoms with Gasteiger partial charge in [-0.25, -0.2) is 9.48 Å². The highest BCUT2D eigenvalue weighted by Crippen LogP contribution is 2.20. The molecule has 1 heterocycles. The van der Waals surface area contributed by atoms with Crippen LogP contribution in [0.15, 0.2) is 53.3 Å².